The number of H-pyrrole nitrogens is 2. The number of hydrogen-bond donors (Lipinski definition) is 2. The van der Waals surface area contributed by atoms with Crippen LogP contribution >= 0.6 is 0 Å². The third-order valence-corrected chi connectivity index (χ3v) is 11.8. The molecule has 0 aliphatic carbocycles. The van der Waals surface area contributed by atoms with E-state index in [0.717, 1.165) is 144 Å². The van der Waals surface area contributed by atoms with Crippen molar-refractivity contribution < 1.29 is 18.9 Å². The maximum absolute atomic E-state index is 5.68. The highest BCUT2D eigenvalue weighted by Crippen LogP contribution is 2.42. The van der Waals surface area contributed by atoms with Gasteiger partial charge in [-0.3, -0.25) is 0 Å². The van der Waals surface area contributed by atoms with E-state index < -0.39 is 0 Å². The Kier molecular flexibility index (Phi) is 9.84. The number of likely N-dealkylation sites (tertiary alicyclic amines) is 1. The molecule has 8 bridgehead atoms. The van der Waals surface area contributed by atoms with E-state index in [4.69, 9.17) is 28.9 Å². The Labute approximate surface area is 354 Å². The van der Waals surface area contributed by atoms with Crippen molar-refractivity contribution in [2.24, 2.45) is 0 Å². The predicted octanol–water partition coefficient (Wildman–Crippen LogP) is 11.8. The average molecular weight is 804 g/mol. The van der Waals surface area contributed by atoms with Gasteiger partial charge in [0.15, 0.2) is 0 Å². The highest BCUT2D eigenvalue weighted by molar-refractivity contribution is 6.02. The number of nitrogens with zero attached hydrogens (tertiary/aromatic N) is 3. The molecule has 3 aromatic heterocycles. The van der Waals surface area contributed by atoms with Crippen LogP contribution in [0.2, 0.25) is 0 Å². The minimum atomic E-state index is 0.784. The molecular formula is C52H45N5O4. The van der Waals surface area contributed by atoms with Crippen LogP contribution in [0.5, 0.6) is 23.0 Å². The summed E-state index contributed by atoms with van der Waals surface area (Å²) in [6, 6.07) is 41.5. The van der Waals surface area contributed by atoms with Crippen molar-refractivity contribution in [2.45, 2.75) is 12.8 Å². The first-order valence-electron chi connectivity index (χ1n) is 20.5. The Balaban J connectivity index is 1.38. The van der Waals surface area contributed by atoms with Crippen LogP contribution in [-0.2, 0) is 0 Å². The van der Waals surface area contributed by atoms with Crippen LogP contribution in [0.15, 0.2) is 121 Å². The lowest BCUT2D eigenvalue weighted by Gasteiger charge is -2.20. The molecule has 0 spiro atoms. The van der Waals surface area contributed by atoms with Crippen LogP contribution in [-0.4, -0.2) is 66.4 Å². The molecule has 10 rings (SSSR count). The lowest BCUT2D eigenvalue weighted by atomic mass is 10.0. The summed E-state index contributed by atoms with van der Waals surface area (Å²) in [5.74, 6) is 3.14. The number of fused-ring (bicyclic) bond motifs is 8. The Morgan fingerprint density at radius 3 is 1.13 bits per heavy atom. The number of hydrogen-bond acceptors (Lipinski definition) is 7. The van der Waals surface area contributed by atoms with Crippen LogP contribution < -0.4 is 18.9 Å². The van der Waals surface area contributed by atoms with Gasteiger partial charge >= 0.3 is 0 Å². The van der Waals surface area contributed by atoms with Gasteiger partial charge in [0.05, 0.1) is 56.9 Å². The smallest absolute Gasteiger partial charge is 0.118 e. The Morgan fingerprint density at radius 2 is 0.754 bits per heavy atom. The first-order chi connectivity index (χ1) is 30.0. The van der Waals surface area contributed by atoms with Crippen molar-refractivity contribution in [3.63, 3.8) is 0 Å². The molecule has 3 aliphatic heterocycles. The number of benzene rings is 4. The zero-order valence-corrected chi connectivity index (χ0v) is 34.6. The molecule has 6 heterocycles. The summed E-state index contributed by atoms with van der Waals surface area (Å²) in [4.78, 5) is 21.4. The van der Waals surface area contributed by atoms with E-state index in [0.29, 0.717) is 0 Å². The highest BCUT2D eigenvalue weighted by Gasteiger charge is 2.27. The van der Waals surface area contributed by atoms with Gasteiger partial charge in [-0.25, -0.2) is 9.97 Å². The van der Waals surface area contributed by atoms with Crippen molar-refractivity contribution >= 4 is 46.0 Å². The molecule has 0 radical (unpaired) electrons. The Morgan fingerprint density at radius 1 is 0.410 bits per heavy atom. The fraction of sp³-hybridized carbons (Fsp3) is 0.154. The van der Waals surface area contributed by atoms with Crippen LogP contribution in [0.25, 0.3) is 90.5 Å². The number of nitrogens with one attached hydrogen (secondary N) is 2. The van der Waals surface area contributed by atoms with Gasteiger partial charge < -0.3 is 33.8 Å². The molecule has 0 saturated carbocycles. The third-order valence-electron chi connectivity index (χ3n) is 11.8. The third kappa shape index (κ3) is 6.97. The first-order valence-corrected chi connectivity index (χ1v) is 20.5. The molecule has 0 unspecified atom stereocenters. The molecule has 0 atom stereocenters. The second-order valence-corrected chi connectivity index (χ2v) is 15.3. The highest BCUT2D eigenvalue weighted by atomic mass is 16.5. The van der Waals surface area contributed by atoms with E-state index in [9.17, 15) is 0 Å². The van der Waals surface area contributed by atoms with Gasteiger partial charge in [-0.15, -0.1) is 0 Å². The van der Waals surface area contributed by atoms with E-state index in [1.165, 1.54) is 0 Å². The van der Waals surface area contributed by atoms with Crippen molar-refractivity contribution in [2.75, 3.05) is 41.5 Å². The van der Waals surface area contributed by atoms with Gasteiger partial charge in [-0.1, -0.05) is 48.5 Å². The lowest BCUT2D eigenvalue weighted by molar-refractivity contribution is 0.415. The summed E-state index contributed by atoms with van der Waals surface area (Å²) in [6.07, 6.45) is 8.74. The fourth-order valence-corrected chi connectivity index (χ4v) is 8.71. The monoisotopic (exact) mass is 803 g/mol. The number of aromatic amines is 2. The van der Waals surface area contributed by atoms with Gasteiger partial charge in [0.1, 0.15) is 23.0 Å². The largest absolute Gasteiger partial charge is 0.497 e. The SMILES string of the molecule is COc1ccc(-c2c3nc(c(-c4ccc(OC)cc4)c4ccc([nH]4)c(-c4ccc(OC)cc4)c4nc(c(-c5ccc(OC)cc5)c5ccc2[nH]5)C=C4N2CCCC2)C=C3)cc1. The summed E-state index contributed by atoms with van der Waals surface area (Å²) in [5, 5.41) is 0. The zero-order chi connectivity index (χ0) is 41.5. The van der Waals surface area contributed by atoms with Crippen LogP contribution in [0.3, 0.4) is 0 Å². The predicted molar refractivity (Wildman–Crippen MR) is 247 cm³/mol. The minimum Gasteiger partial charge on any atom is -0.497 e. The van der Waals surface area contributed by atoms with E-state index in [2.05, 4.69) is 106 Å². The average Bonchev–Trinajstić information content (AvgIpc) is 4.18. The number of aromatic nitrogens is 4. The van der Waals surface area contributed by atoms with E-state index in [-0.39, 0.29) is 0 Å². The standard InChI is InChI=1S/C52H45N5O4/c1-58-36-15-7-32(8-16-36)48-40-23-24-41(53-40)49(33-9-17-37(59-2)18-10-33)43-27-28-45(55-43)51(35-13-21-39(61-4)22-14-35)52-47(57-29-5-6-30-57)31-46(56-52)50(44-26-25-42(48)54-44)34-11-19-38(60-3)20-12-34/h7-28,31,54-55H,5-6,29-30H2,1-4H3. The van der Waals surface area contributed by atoms with Gasteiger partial charge in [-0.05, 0) is 126 Å². The number of methoxy groups -OCH3 is 4. The van der Waals surface area contributed by atoms with Crippen LogP contribution in [0.4, 0.5) is 0 Å². The van der Waals surface area contributed by atoms with Crippen molar-refractivity contribution in [1.82, 2.24) is 24.8 Å². The van der Waals surface area contributed by atoms with Gasteiger partial charge in [0.2, 0.25) is 0 Å². The zero-order valence-electron chi connectivity index (χ0n) is 34.6. The van der Waals surface area contributed by atoms with Crippen molar-refractivity contribution in [3.8, 4) is 67.5 Å². The van der Waals surface area contributed by atoms with E-state index >= 15 is 0 Å². The lowest BCUT2D eigenvalue weighted by Crippen LogP contribution is -2.17. The topological polar surface area (TPSA) is 97.5 Å². The normalized spacial score (nSPS) is 13.3. The first kappa shape index (κ1) is 37.7. The summed E-state index contributed by atoms with van der Waals surface area (Å²) < 4.78 is 22.4. The number of rotatable bonds is 9. The molecule has 1 fully saturated rings. The quantitative estimate of drug-likeness (QED) is 0.150. The van der Waals surface area contributed by atoms with Gasteiger partial charge in [0, 0.05) is 57.4 Å². The summed E-state index contributed by atoms with van der Waals surface area (Å²) in [5.41, 5.74) is 16.2. The molecule has 61 heavy (non-hydrogen) atoms. The van der Waals surface area contributed by atoms with Gasteiger partial charge in [0.25, 0.3) is 0 Å². The second-order valence-electron chi connectivity index (χ2n) is 15.3. The maximum Gasteiger partial charge on any atom is 0.118 e. The molecule has 9 heteroatoms. The molecule has 1 saturated heterocycles. The second kappa shape index (κ2) is 15.9. The maximum atomic E-state index is 5.68. The summed E-state index contributed by atoms with van der Waals surface area (Å²) in [7, 11) is 6.76. The van der Waals surface area contributed by atoms with E-state index in [1.807, 2.05) is 48.5 Å². The Hall–Kier alpha value is -7.52. The van der Waals surface area contributed by atoms with Crippen LogP contribution in [0.1, 0.15) is 35.6 Å². The molecular weight excluding hydrogens is 759 g/mol. The van der Waals surface area contributed by atoms with Crippen molar-refractivity contribution in [1.29, 1.82) is 0 Å². The van der Waals surface area contributed by atoms with Crippen molar-refractivity contribution in [3.05, 3.63) is 144 Å². The molecule has 2 N–H and O–H groups in total. The summed E-state index contributed by atoms with van der Waals surface area (Å²) in [6.45, 7) is 1.91. The summed E-state index contributed by atoms with van der Waals surface area (Å²) >= 11 is 0. The molecule has 3 aliphatic rings. The Bertz CT molecular complexity index is 2990. The molecule has 0 amide bonds. The van der Waals surface area contributed by atoms with Gasteiger partial charge in [-0.2, -0.15) is 0 Å². The fourth-order valence-electron chi connectivity index (χ4n) is 8.71. The molecule has 9 nitrogen and oxygen atoms in total. The number of ether oxygens (including phenoxy) is 4. The van der Waals surface area contributed by atoms with E-state index in [1.54, 1.807) is 28.4 Å². The molecule has 7 aromatic rings. The molecule has 302 valence electrons. The molecule has 4 aromatic carbocycles. The minimum absolute atomic E-state index is 0.784. The van der Waals surface area contributed by atoms with Crippen LogP contribution in [0, 0.1) is 0 Å².